The molecule has 0 bridgehead atoms. The molecule has 150 valence electrons. The summed E-state index contributed by atoms with van der Waals surface area (Å²) in [5.41, 5.74) is 4.90. The zero-order valence-electron chi connectivity index (χ0n) is 16.3. The van der Waals surface area contributed by atoms with Gasteiger partial charge in [0.25, 0.3) is 11.8 Å². The summed E-state index contributed by atoms with van der Waals surface area (Å²) in [7, 11) is 2.94. The molecule has 0 aliphatic rings. The molecule has 8 heteroatoms. The molecule has 2 aromatic carbocycles. The quantitative estimate of drug-likeness (QED) is 0.674. The van der Waals surface area contributed by atoms with Gasteiger partial charge in [-0.25, -0.2) is 0 Å². The highest BCUT2D eigenvalue weighted by atomic mass is 16.5. The lowest BCUT2D eigenvalue weighted by Crippen LogP contribution is -2.47. The van der Waals surface area contributed by atoms with E-state index in [0.29, 0.717) is 29.6 Å². The fourth-order valence-electron chi connectivity index (χ4n) is 2.32. The van der Waals surface area contributed by atoms with Crippen LogP contribution in [-0.4, -0.2) is 38.7 Å². The lowest BCUT2D eigenvalue weighted by Gasteiger charge is -2.16. The standard InChI is InChI=1S/C20H24N2O6/c1-5-27-14-6-8-15(9-7-14)28-13(2)19(23)21-22-20(24)17-12-16(25-3)10-11-18(17)26-4/h6-13H,5H2,1-4H3,(H,21,23)(H,22,24)/t13-/m1/s1. The van der Waals surface area contributed by atoms with Gasteiger partial charge in [-0.3, -0.25) is 20.4 Å². The van der Waals surface area contributed by atoms with Crippen LogP contribution in [0.3, 0.4) is 0 Å². The number of methoxy groups -OCH3 is 2. The summed E-state index contributed by atoms with van der Waals surface area (Å²) < 4.78 is 21.2. The van der Waals surface area contributed by atoms with Gasteiger partial charge in [0.1, 0.15) is 23.0 Å². The third-order valence-electron chi connectivity index (χ3n) is 3.77. The van der Waals surface area contributed by atoms with Crippen molar-refractivity contribution < 1.29 is 28.5 Å². The van der Waals surface area contributed by atoms with E-state index in [2.05, 4.69) is 10.9 Å². The molecule has 2 rings (SSSR count). The Morgan fingerprint density at radius 3 is 2.18 bits per heavy atom. The molecule has 0 unspecified atom stereocenters. The zero-order chi connectivity index (χ0) is 20.5. The van der Waals surface area contributed by atoms with E-state index < -0.39 is 17.9 Å². The Bertz CT molecular complexity index is 807. The van der Waals surface area contributed by atoms with Crippen molar-refractivity contribution in [1.82, 2.24) is 10.9 Å². The summed E-state index contributed by atoms with van der Waals surface area (Å²) in [6, 6.07) is 11.7. The van der Waals surface area contributed by atoms with Crippen LogP contribution in [0.2, 0.25) is 0 Å². The number of hydrazine groups is 1. The van der Waals surface area contributed by atoms with Gasteiger partial charge in [0.2, 0.25) is 0 Å². The third-order valence-corrected chi connectivity index (χ3v) is 3.77. The number of amides is 2. The van der Waals surface area contributed by atoms with Gasteiger partial charge in [-0.05, 0) is 56.3 Å². The summed E-state index contributed by atoms with van der Waals surface area (Å²) >= 11 is 0. The zero-order valence-corrected chi connectivity index (χ0v) is 16.3. The number of rotatable bonds is 8. The van der Waals surface area contributed by atoms with E-state index in [-0.39, 0.29) is 5.56 Å². The average molecular weight is 388 g/mol. The van der Waals surface area contributed by atoms with E-state index in [1.807, 2.05) is 6.92 Å². The minimum atomic E-state index is -0.828. The van der Waals surface area contributed by atoms with Crippen molar-refractivity contribution in [3.05, 3.63) is 48.0 Å². The van der Waals surface area contributed by atoms with Gasteiger partial charge < -0.3 is 18.9 Å². The molecule has 0 aliphatic carbocycles. The van der Waals surface area contributed by atoms with Crippen molar-refractivity contribution in [2.75, 3.05) is 20.8 Å². The van der Waals surface area contributed by atoms with E-state index in [9.17, 15) is 9.59 Å². The molecule has 0 spiro atoms. The van der Waals surface area contributed by atoms with Crippen molar-refractivity contribution in [2.45, 2.75) is 20.0 Å². The Hall–Kier alpha value is -3.42. The van der Waals surface area contributed by atoms with Crippen molar-refractivity contribution in [3.8, 4) is 23.0 Å². The summed E-state index contributed by atoms with van der Waals surface area (Å²) in [6.45, 7) is 4.03. The molecule has 0 saturated heterocycles. The van der Waals surface area contributed by atoms with Crippen molar-refractivity contribution >= 4 is 11.8 Å². The fourth-order valence-corrected chi connectivity index (χ4v) is 2.32. The maximum Gasteiger partial charge on any atom is 0.279 e. The van der Waals surface area contributed by atoms with Gasteiger partial charge in [0.05, 0.1) is 26.4 Å². The molecule has 2 N–H and O–H groups in total. The molecule has 0 heterocycles. The number of benzene rings is 2. The topological polar surface area (TPSA) is 95.1 Å². The molecule has 2 aromatic rings. The molecule has 0 aliphatic heterocycles. The normalized spacial score (nSPS) is 11.1. The maximum atomic E-state index is 12.4. The van der Waals surface area contributed by atoms with Crippen LogP contribution < -0.4 is 29.8 Å². The molecule has 0 fully saturated rings. The second-order valence-corrected chi connectivity index (χ2v) is 5.67. The number of hydrogen-bond donors (Lipinski definition) is 2. The molecular formula is C20H24N2O6. The van der Waals surface area contributed by atoms with Crippen LogP contribution in [-0.2, 0) is 4.79 Å². The lowest BCUT2D eigenvalue weighted by atomic mass is 10.2. The van der Waals surface area contributed by atoms with Crippen LogP contribution in [0.5, 0.6) is 23.0 Å². The number of carbonyl (C=O) groups is 2. The van der Waals surface area contributed by atoms with Crippen LogP contribution in [0.4, 0.5) is 0 Å². The summed E-state index contributed by atoms with van der Waals surface area (Å²) in [6.07, 6.45) is -0.828. The minimum Gasteiger partial charge on any atom is -0.497 e. The highest BCUT2D eigenvalue weighted by molar-refractivity contribution is 5.98. The molecular weight excluding hydrogens is 364 g/mol. The summed E-state index contributed by atoms with van der Waals surface area (Å²) in [5, 5.41) is 0. The molecule has 0 radical (unpaired) electrons. The van der Waals surface area contributed by atoms with Gasteiger partial charge in [0, 0.05) is 0 Å². The van der Waals surface area contributed by atoms with Crippen molar-refractivity contribution in [1.29, 1.82) is 0 Å². The molecule has 0 saturated carbocycles. The monoisotopic (exact) mass is 388 g/mol. The van der Waals surface area contributed by atoms with Crippen molar-refractivity contribution in [3.63, 3.8) is 0 Å². The van der Waals surface area contributed by atoms with E-state index in [4.69, 9.17) is 18.9 Å². The number of hydrogen-bond acceptors (Lipinski definition) is 6. The first-order valence-corrected chi connectivity index (χ1v) is 8.70. The predicted molar refractivity (Wildman–Crippen MR) is 103 cm³/mol. The van der Waals surface area contributed by atoms with E-state index in [1.54, 1.807) is 43.3 Å². The second kappa shape index (κ2) is 10.1. The Balaban J connectivity index is 1.92. The first-order chi connectivity index (χ1) is 13.5. The Labute approximate surface area is 163 Å². The number of nitrogens with one attached hydrogen (secondary N) is 2. The van der Waals surface area contributed by atoms with Crippen LogP contribution in [0, 0.1) is 0 Å². The molecule has 2 amide bonds. The van der Waals surface area contributed by atoms with Crippen LogP contribution in [0.25, 0.3) is 0 Å². The largest absolute Gasteiger partial charge is 0.497 e. The predicted octanol–water partition coefficient (Wildman–Crippen LogP) is 2.33. The molecule has 0 aromatic heterocycles. The van der Waals surface area contributed by atoms with Crippen LogP contribution >= 0.6 is 0 Å². The Morgan fingerprint density at radius 1 is 0.929 bits per heavy atom. The van der Waals surface area contributed by atoms with Gasteiger partial charge in [-0.2, -0.15) is 0 Å². The molecule has 1 atom stereocenters. The minimum absolute atomic E-state index is 0.224. The molecule has 8 nitrogen and oxygen atoms in total. The Kier molecular flexibility index (Phi) is 7.50. The number of ether oxygens (including phenoxy) is 4. The van der Waals surface area contributed by atoms with Gasteiger partial charge in [0.15, 0.2) is 6.10 Å². The smallest absolute Gasteiger partial charge is 0.279 e. The Morgan fingerprint density at radius 2 is 1.57 bits per heavy atom. The SMILES string of the molecule is CCOc1ccc(O[C@H](C)C(=O)NNC(=O)c2cc(OC)ccc2OC)cc1. The third kappa shape index (κ3) is 5.54. The van der Waals surface area contributed by atoms with Crippen LogP contribution in [0.1, 0.15) is 24.2 Å². The lowest BCUT2D eigenvalue weighted by molar-refractivity contribution is -0.128. The van der Waals surface area contributed by atoms with E-state index >= 15 is 0 Å². The average Bonchev–Trinajstić information content (AvgIpc) is 2.72. The van der Waals surface area contributed by atoms with Crippen molar-refractivity contribution in [2.24, 2.45) is 0 Å². The highest BCUT2D eigenvalue weighted by Gasteiger charge is 2.18. The number of carbonyl (C=O) groups excluding carboxylic acids is 2. The fraction of sp³-hybridized carbons (Fsp3) is 0.300. The van der Waals surface area contributed by atoms with Gasteiger partial charge in [-0.1, -0.05) is 0 Å². The first-order valence-electron chi connectivity index (χ1n) is 8.70. The summed E-state index contributed by atoms with van der Waals surface area (Å²) in [5.74, 6) is 1.01. The van der Waals surface area contributed by atoms with Crippen LogP contribution in [0.15, 0.2) is 42.5 Å². The highest BCUT2D eigenvalue weighted by Crippen LogP contribution is 2.23. The molecule has 28 heavy (non-hydrogen) atoms. The second-order valence-electron chi connectivity index (χ2n) is 5.67. The maximum absolute atomic E-state index is 12.4. The summed E-state index contributed by atoms with van der Waals surface area (Å²) in [4.78, 5) is 24.6. The first kappa shape index (κ1) is 20.9. The van der Waals surface area contributed by atoms with Gasteiger partial charge in [-0.15, -0.1) is 0 Å². The van der Waals surface area contributed by atoms with Gasteiger partial charge >= 0.3 is 0 Å². The van der Waals surface area contributed by atoms with E-state index in [1.165, 1.54) is 20.3 Å². The van der Waals surface area contributed by atoms with E-state index in [0.717, 1.165) is 0 Å².